The van der Waals surface area contributed by atoms with Gasteiger partial charge in [0.15, 0.2) is 0 Å². The summed E-state index contributed by atoms with van der Waals surface area (Å²) in [5.74, 6) is -0.0742. The summed E-state index contributed by atoms with van der Waals surface area (Å²) in [4.78, 5) is 13.7. The van der Waals surface area contributed by atoms with Gasteiger partial charge in [0.1, 0.15) is 0 Å². The average Bonchev–Trinajstić information content (AvgIpc) is 2.69. The lowest BCUT2D eigenvalue weighted by Gasteiger charge is -2.29. The molecule has 0 bridgehead atoms. The van der Waals surface area contributed by atoms with Gasteiger partial charge >= 0.3 is 5.97 Å². The van der Waals surface area contributed by atoms with Crippen LogP contribution in [0.5, 0.6) is 0 Å². The van der Waals surface area contributed by atoms with Crippen LogP contribution >= 0.6 is 0 Å². The Labute approximate surface area is 92.8 Å². The van der Waals surface area contributed by atoms with Crippen molar-refractivity contribution in [2.24, 2.45) is 0 Å². The second-order valence-corrected chi connectivity index (χ2v) is 4.46. The first-order chi connectivity index (χ1) is 7.15. The van der Waals surface area contributed by atoms with Gasteiger partial charge in [-0.3, -0.25) is 4.79 Å². The van der Waals surface area contributed by atoms with E-state index in [2.05, 4.69) is 18.9 Å². The second-order valence-electron chi connectivity index (χ2n) is 4.46. The van der Waals surface area contributed by atoms with E-state index in [0.717, 1.165) is 0 Å². The molecule has 1 atom stereocenters. The summed E-state index contributed by atoms with van der Waals surface area (Å²) in [6.45, 7) is 4.44. The molecule has 0 aromatic heterocycles. The van der Waals surface area contributed by atoms with Crippen LogP contribution in [0.3, 0.4) is 0 Å². The Morgan fingerprint density at radius 1 is 1.47 bits per heavy atom. The van der Waals surface area contributed by atoms with Gasteiger partial charge in [0, 0.05) is 12.1 Å². The van der Waals surface area contributed by atoms with E-state index in [1.165, 1.54) is 25.7 Å². The Morgan fingerprint density at radius 2 is 2.07 bits per heavy atom. The minimum atomic E-state index is -0.0742. The number of hydrogen-bond donors (Lipinski definition) is 0. The van der Waals surface area contributed by atoms with Gasteiger partial charge in [0.05, 0.1) is 13.0 Å². The van der Waals surface area contributed by atoms with Crippen molar-refractivity contribution >= 4 is 5.97 Å². The van der Waals surface area contributed by atoms with Crippen molar-refractivity contribution in [2.75, 3.05) is 13.7 Å². The molecule has 1 aliphatic rings. The van der Waals surface area contributed by atoms with Crippen LogP contribution < -0.4 is 0 Å². The molecular formula is C12H23NO2. The van der Waals surface area contributed by atoms with E-state index in [9.17, 15) is 4.79 Å². The molecule has 0 aliphatic heterocycles. The van der Waals surface area contributed by atoms with Crippen molar-refractivity contribution in [2.45, 2.75) is 58.0 Å². The predicted octanol–water partition coefficient (Wildman–Crippen LogP) is 2.20. The standard InChI is InChI=1S/C12H23NO2/c1-4-15-12(14)9-10(2)13(3)11-7-5-6-8-11/h10-11H,4-9H2,1-3H3. The smallest absolute Gasteiger partial charge is 0.307 e. The lowest BCUT2D eigenvalue weighted by atomic mass is 10.1. The minimum Gasteiger partial charge on any atom is -0.466 e. The maximum absolute atomic E-state index is 11.3. The Bertz CT molecular complexity index is 200. The van der Waals surface area contributed by atoms with E-state index in [0.29, 0.717) is 25.1 Å². The highest BCUT2D eigenvalue weighted by atomic mass is 16.5. The molecule has 88 valence electrons. The number of hydrogen-bond acceptors (Lipinski definition) is 3. The molecule has 1 unspecified atom stereocenters. The van der Waals surface area contributed by atoms with Gasteiger partial charge in [-0.05, 0) is 33.7 Å². The highest BCUT2D eigenvalue weighted by Crippen LogP contribution is 2.24. The van der Waals surface area contributed by atoms with Crippen LogP contribution in [-0.4, -0.2) is 36.6 Å². The molecule has 0 aromatic rings. The first-order valence-corrected chi connectivity index (χ1v) is 6.02. The minimum absolute atomic E-state index is 0.0742. The van der Waals surface area contributed by atoms with Crippen LogP contribution in [0.15, 0.2) is 0 Å². The van der Waals surface area contributed by atoms with Crippen LogP contribution in [0, 0.1) is 0 Å². The quantitative estimate of drug-likeness (QED) is 0.656. The molecule has 1 aliphatic carbocycles. The van der Waals surface area contributed by atoms with Crippen molar-refractivity contribution in [3.05, 3.63) is 0 Å². The molecule has 3 nitrogen and oxygen atoms in total. The van der Waals surface area contributed by atoms with Gasteiger partial charge in [-0.2, -0.15) is 0 Å². The molecule has 0 aromatic carbocycles. The molecule has 1 saturated carbocycles. The van der Waals surface area contributed by atoms with Crippen molar-refractivity contribution in [1.82, 2.24) is 4.90 Å². The molecule has 0 radical (unpaired) electrons. The summed E-state index contributed by atoms with van der Waals surface area (Å²) in [5, 5.41) is 0. The van der Waals surface area contributed by atoms with E-state index in [-0.39, 0.29) is 5.97 Å². The first-order valence-electron chi connectivity index (χ1n) is 6.02. The van der Waals surface area contributed by atoms with Crippen LogP contribution in [-0.2, 0) is 9.53 Å². The molecule has 0 heterocycles. The number of carbonyl (C=O) groups excluding carboxylic acids is 1. The molecule has 1 rings (SSSR count). The van der Waals surface area contributed by atoms with E-state index in [1.807, 2.05) is 6.92 Å². The molecule has 0 N–H and O–H groups in total. The zero-order chi connectivity index (χ0) is 11.3. The van der Waals surface area contributed by atoms with Gasteiger partial charge in [-0.15, -0.1) is 0 Å². The summed E-state index contributed by atoms with van der Waals surface area (Å²) < 4.78 is 4.96. The topological polar surface area (TPSA) is 29.5 Å². The van der Waals surface area contributed by atoms with E-state index >= 15 is 0 Å². The average molecular weight is 213 g/mol. The summed E-state index contributed by atoms with van der Waals surface area (Å²) in [5.41, 5.74) is 0. The molecule has 1 fully saturated rings. The largest absolute Gasteiger partial charge is 0.466 e. The predicted molar refractivity (Wildman–Crippen MR) is 60.7 cm³/mol. The number of carbonyl (C=O) groups is 1. The Balaban J connectivity index is 2.31. The summed E-state index contributed by atoms with van der Waals surface area (Å²) in [6, 6.07) is 0.974. The van der Waals surface area contributed by atoms with Crippen molar-refractivity contribution in [3.63, 3.8) is 0 Å². The fraction of sp³-hybridized carbons (Fsp3) is 0.917. The van der Waals surface area contributed by atoms with E-state index in [4.69, 9.17) is 4.74 Å². The Morgan fingerprint density at radius 3 is 2.60 bits per heavy atom. The molecular weight excluding hydrogens is 190 g/mol. The maximum atomic E-state index is 11.3. The first kappa shape index (κ1) is 12.5. The van der Waals surface area contributed by atoms with E-state index < -0.39 is 0 Å². The summed E-state index contributed by atoms with van der Waals surface area (Å²) >= 11 is 0. The summed E-state index contributed by atoms with van der Waals surface area (Å²) in [6.07, 6.45) is 5.75. The van der Waals surface area contributed by atoms with Crippen LogP contribution in [0.25, 0.3) is 0 Å². The monoisotopic (exact) mass is 213 g/mol. The van der Waals surface area contributed by atoms with Crippen molar-refractivity contribution < 1.29 is 9.53 Å². The lowest BCUT2D eigenvalue weighted by molar-refractivity contribution is -0.144. The Kier molecular flexibility index (Phi) is 5.09. The normalized spacial score (nSPS) is 19.5. The third kappa shape index (κ3) is 3.82. The number of esters is 1. The lowest BCUT2D eigenvalue weighted by Crippen LogP contribution is -2.38. The molecule has 15 heavy (non-hydrogen) atoms. The van der Waals surface area contributed by atoms with Crippen LogP contribution in [0.1, 0.15) is 46.0 Å². The fourth-order valence-corrected chi connectivity index (χ4v) is 2.28. The van der Waals surface area contributed by atoms with Crippen LogP contribution in [0.2, 0.25) is 0 Å². The second kappa shape index (κ2) is 6.11. The number of ether oxygens (including phenoxy) is 1. The van der Waals surface area contributed by atoms with Gasteiger partial charge in [-0.1, -0.05) is 12.8 Å². The SMILES string of the molecule is CCOC(=O)CC(C)N(C)C1CCCC1. The molecule has 3 heteroatoms. The molecule has 0 saturated heterocycles. The van der Waals surface area contributed by atoms with E-state index in [1.54, 1.807) is 0 Å². The highest BCUT2D eigenvalue weighted by Gasteiger charge is 2.24. The number of rotatable bonds is 5. The van der Waals surface area contributed by atoms with Gasteiger partial charge in [0.25, 0.3) is 0 Å². The summed E-state index contributed by atoms with van der Waals surface area (Å²) in [7, 11) is 2.12. The zero-order valence-electron chi connectivity index (χ0n) is 10.2. The third-order valence-corrected chi connectivity index (χ3v) is 3.36. The fourth-order valence-electron chi connectivity index (χ4n) is 2.28. The highest BCUT2D eigenvalue weighted by molar-refractivity contribution is 5.70. The van der Waals surface area contributed by atoms with Gasteiger partial charge < -0.3 is 9.64 Å². The van der Waals surface area contributed by atoms with Gasteiger partial charge in [-0.25, -0.2) is 0 Å². The molecule has 0 spiro atoms. The van der Waals surface area contributed by atoms with Crippen molar-refractivity contribution in [3.8, 4) is 0 Å². The van der Waals surface area contributed by atoms with Gasteiger partial charge in [0.2, 0.25) is 0 Å². The zero-order valence-corrected chi connectivity index (χ0v) is 10.2. The Hall–Kier alpha value is -0.570. The third-order valence-electron chi connectivity index (χ3n) is 3.36. The number of nitrogens with zero attached hydrogens (tertiary/aromatic N) is 1. The maximum Gasteiger partial charge on any atom is 0.307 e. The molecule has 0 amide bonds. The van der Waals surface area contributed by atoms with Crippen LogP contribution in [0.4, 0.5) is 0 Å². The van der Waals surface area contributed by atoms with Crippen molar-refractivity contribution in [1.29, 1.82) is 0 Å².